The van der Waals surface area contributed by atoms with E-state index in [2.05, 4.69) is 0 Å². The molecule has 0 saturated heterocycles. The third kappa shape index (κ3) is 5.67. The summed E-state index contributed by atoms with van der Waals surface area (Å²) in [6.07, 6.45) is 12.1. The molecule has 0 spiro atoms. The average molecular weight is 419 g/mol. The number of aryl methyl sites for hydroxylation is 2. The molecule has 0 bridgehead atoms. The van der Waals surface area contributed by atoms with Crippen molar-refractivity contribution in [3.8, 4) is 11.5 Å². The molecule has 2 aliphatic carbocycles. The van der Waals surface area contributed by atoms with Crippen molar-refractivity contribution in [2.24, 2.45) is 5.41 Å². The molecular formula is C24H34O6. The summed E-state index contributed by atoms with van der Waals surface area (Å²) in [6.45, 7) is 0.537. The molecule has 2 fully saturated rings. The van der Waals surface area contributed by atoms with E-state index in [1.54, 1.807) is 0 Å². The van der Waals surface area contributed by atoms with E-state index < -0.39 is 11.4 Å². The van der Waals surface area contributed by atoms with Crippen molar-refractivity contribution in [1.82, 2.24) is 0 Å². The first-order valence-corrected chi connectivity index (χ1v) is 11.3. The number of rotatable bonds is 15. The van der Waals surface area contributed by atoms with Crippen molar-refractivity contribution in [2.75, 3.05) is 0 Å². The van der Waals surface area contributed by atoms with Gasteiger partial charge in [-0.2, -0.15) is 0 Å². The normalized spacial score (nSPS) is 18.0. The molecule has 1 aromatic rings. The van der Waals surface area contributed by atoms with Gasteiger partial charge in [-0.25, -0.2) is 0 Å². The van der Waals surface area contributed by atoms with E-state index in [1.165, 1.54) is 0 Å². The predicted octanol–water partition coefficient (Wildman–Crippen LogP) is 4.87. The van der Waals surface area contributed by atoms with E-state index in [9.17, 15) is 24.9 Å². The maximum atomic E-state index is 11.2. The molecule has 3 N–H and O–H groups in total. The fraction of sp³-hybridized carbons (Fsp3) is 0.667. The molecule has 0 heterocycles. The first kappa shape index (κ1) is 22.4. The third-order valence-electron chi connectivity index (χ3n) is 6.91. The van der Waals surface area contributed by atoms with Gasteiger partial charge in [-0.1, -0.05) is 31.4 Å². The van der Waals surface area contributed by atoms with Crippen LogP contribution in [0.3, 0.4) is 0 Å². The largest absolute Gasteiger partial charge is 0.504 e. The van der Waals surface area contributed by atoms with Gasteiger partial charge in [-0.05, 0) is 81.8 Å². The molecule has 0 aromatic heterocycles. The number of phenolic OH excluding ortho intramolecular Hbond substituents is 2. The van der Waals surface area contributed by atoms with Crippen LogP contribution in [0.2, 0.25) is 0 Å². The van der Waals surface area contributed by atoms with Gasteiger partial charge in [0, 0.05) is 0 Å². The number of carbonyl (C=O) groups is 2. The predicted molar refractivity (Wildman–Crippen MR) is 113 cm³/mol. The highest BCUT2D eigenvalue weighted by molar-refractivity contribution is 5.77. The Morgan fingerprint density at radius 1 is 0.867 bits per heavy atom. The Morgan fingerprint density at radius 3 is 1.90 bits per heavy atom. The SMILES string of the molecule is O=COC1(CCCCc2ccc(CCCCCCC3(C(=O)O)CC3)c(O)c2O)CC1. The van der Waals surface area contributed by atoms with Crippen LogP contribution in [0.1, 0.15) is 88.2 Å². The Labute approximate surface area is 178 Å². The number of carbonyl (C=O) groups excluding carboxylic acids is 1. The zero-order valence-electron chi connectivity index (χ0n) is 17.7. The number of benzene rings is 1. The molecule has 2 saturated carbocycles. The first-order valence-electron chi connectivity index (χ1n) is 11.3. The number of hydrogen-bond donors (Lipinski definition) is 3. The van der Waals surface area contributed by atoms with Crippen LogP contribution >= 0.6 is 0 Å². The van der Waals surface area contributed by atoms with Crippen LogP contribution < -0.4 is 0 Å². The minimum absolute atomic E-state index is 0.0155. The summed E-state index contributed by atoms with van der Waals surface area (Å²) in [7, 11) is 0. The number of phenols is 2. The van der Waals surface area contributed by atoms with Crippen LogP contribution in [-0.2, 0) is 27.2 Å². The average Bonchev–Trinajstić information content (AvgIpc) is 3.64. The Kier molecular flexibility index (Phi) is 7.27. The molecule has 3 rings (SSSR count). The molecule has 30 heavy (non-hydrogen) atoms. The standard InChI is InChI=1S/C24H34O6/c25-17-30-24(15-16-24)12-6-4-8-19-10-9-18(20(26)21(19)27)7-3-1-2-5-11-23(13-14-23)22(28)29/h9-10,17,26-27H,1-8,11-16H2,(H,28,29). The second kappa shape index (κ2) is 9.71. The fourth-order valence-electron chi connectivity index (χ4n) is 4.35. The minimum Gasteiger partial charge on any atom is -0.504 e. The van der Waals surface area contributed by atoms with Gasteiger partial charge in [0.05, 0.1) is 5.41 Å². The number of ether oxygens (including phenoxy) is 1. The summed E-state index contributed by atoms with van der Waals surface area (Å²) in [5, 5.41) is 29.9. The maximum Gasteiger partial charge on any atom is 0.309 e. The lowest BCUT2D eigenvalue weighted by atomic mass is 9.96. The lowest BCUT2D eigenvalue weighted by molar-refractivity contribution is -0.143. The third-order valence-corrected chi connectivity index (χ3v) is 6.91. The van der Waals surface area contributed by atoms with Gasteiger partial charge >= 0.3 is 5.97 Å². The van der Waals surface area contributed by atoms with Crippen molar-refractivity contribution < 1.29 is 29.6 Å². The molecule has 6 nitrogen and oxygen atoms in total. The Bertz CT molecular complexity index is 748. The van der Waals surface area contributed by atoms with Gasteiger partial charge in [-0.3, -0.25) is 9.59 Å². The van der Waals surface area contributed by atoms with Gasteiger partial charge in [-0.15, -0.1) is 0 Å². The van der Waals surface area contributed by atoms with E-state index in [1.807, 2.05) is 12.1 Å². The van der Waals surface area contributed by atoms with E-state index >= 15 is 0 Å². The second-order valence-corrected chi connectivity index (χ2v) is 9.18. The molecule has 0 unspecified atom stereocenters. The molecule has 1 aromatic carbocycles. The van der Waals surface area contributed by atoms with Crippen LogP contribution in [0.4, 0.5) is 0 Å². The summed E-state index contributed by atoms with van der Waals surface area (Å²) >= 11 is 0. The van der Waals surface area contributed by atoms with Gasteiger partial charge in [0.2, 0.25) is 0 Å². The van der Waals surface area contributed by atoms with Gasteiger partial charge < -0.3 is 20.1 Å². The van der Waals surface area contributed by atoms with Crippen molar-refractivity contribution in [1.29, 1.82) is 0 Å². The summed E-state index contributed by atoms with van der Waals surface area (Å²) in [5.41, 5.74) is 0.848. The quantitative estimate of drug-likeness (QED) is 0.213. The van der Waals surface area contributed by atoms with Crippen molar-refractivity contribution in [3.63, 3.8) is 0 Å². The topological polar surface area (TPSA) is 104 Å². The fourth-order valence-corrected chi connectivity index (χ4v) is 4.35. The van der Waals surface area contributed by atoms with Crippen LogP contribution in [-0.4, -0.2) is 33.4 Å². The molecule has 0 atom stereocenters. The summed E-state index contributed by atoms with van der Waals surface area (Å²) in [6, 6.07) is 3.79. The van der Waals surface area contributed by atoms with Crippen LogP contribution in [0.15, 0.2) is 12.1 Å². The highest BCUT2D eigenvalue weighted by Gasteiger charge is 2.49. The number of carboxylic acids is 1. The Balaban J connectivity index is 1.34. The van der Waals surface area contributed by atoms with Gasteiger partial charge in [0.1, 0.15) is 5.60 Å². The molecule has 0 aliphatic heterocycles. The molecule has 6 heteroatoms. The van der Waals surface area contributed by atoms with E-state index in [4.69, 9.17) is 4.74 Å². The summed E-state index contributed by atoms with van der Waals surface area (Å²) < 4.78 is 5.15. The maximum absolute atomic E-state index is 11.2. The number of aromatic hydroxyl groups is 2. The van der Waals surface area contributed by atoms with Crippen molar-refractivity contribution >= 4 is 12.4 Å². The Hall–Kier alpha value is -2.24. The van der Waals surface area contributed by atoms with Crippen LogP contribution in [0.25, 0.3) is 0 Å². The van der Waals surface area contributed by atoms with Gasteiger partial charge in [0.15, 0.2) is 11.5 Å². The minimum atomic E-state index is -0.649. The first-order chi connectivity index (χ1) is 14.4. The summed E-state index contributed by atoms with van der Waals surface area (Å²) in [5.74, 6) is -0.683. The highest BCUT2D eigenvalue weighted by Crippen LogP contribution is 2.50. The van der Waals surface area contributed by atoms with Crippen molar-refractivity contribution in [2.45, 2.75) is 95.5 Å². The zero-order chi connectivity index (χ0) is 21.6. The highest BCUT2D eigenvalue weighted by atomic mass is 16.5. The lowest BCUT2D eigenvalue weighted by Crippen LogP contribution is -2.14. The lowest BCUT2D eigenvalue weighted by Gasteiger charge is -2.14. The monoisotopic (exact) mass is 418 g/mol. The molecule has 0 amide bonds. The molecular weight excluding hydrogens is 384 g/mol. The molecule has 2 aliphatic rings. The number of aliphatic carboxylic acids is 1. The number of hydrogen-bond acceptors (Lipinski definition) is 5. The van der Waals surface area contributed by atoms with E-state index in [-0.39, 0.29) is 17.1 Å². The number of unbranched alkanes of at least 4 members (excludes halogenated alkanes) is 4. The molecule has 0 radical (unpaired) electrons. The number of carboxylic acid groups (broad SMARTS) is 1. The van der Waals surface area contributed by atoms with Crippen LogP contribution in [0, 0.1) is 5.41 Å². The molecule has 166 valence electrons. The van der Waals surface area contributed by atoms with Crippen LogP contribution in [0.5, 0.6) is 11.5 Å². The smallest absolute Gasteiger partial charge is 0.309 e. The second-order valence-electron chi connectivity index (χ2n) is 9.18. The zero-order valence-corrected chi connectivity index (χ0v) is 17.7. The Morgan fingerprint density at radius 2 is 1.40 bits per heavy atom. The summed E-state index contributed by atoms with van der Waals surface area (Å²) in [4.78, 5) is 21.7. The van der Waals surface area contributed by atoms with E-state index in [0.29, 0.717) is 19.3 Å². The van der Waals surface area contributed by atoms with Crippen molar-refractivity contribution in [3.05, 3.63) is 23.3 Å². The van der Waals surface area contributed by atoms with E-state index in [0.717, 1.165) is 88.2 Å². The van der Waals surface area contributed by atoms with Gasteiger partial charge in [0.25, 0.3) is 6.47 Å².